The Labute approximate surface area is 113 Å². The van der Waals surface area contributed by atoms with Crippen molar-refractivity contribution < 1.29 is 0 Å². The van der Waals surface area contributed by atoms with Gasteiger partial charge in [0.1, 0.15) is 0 Å². The minimum atomic E-state index is 1.13. The molecule has 0 amide bonds. The second-order valence-electron chi connectivity index (χ2n) is 3.90. The lowest BCUT2D eigenvalue weighted by atomic mass is 10.1. The Kier molecular flexibility index (Phi) is 5.88. The quantitative estimate of drug-likeness (QED) is 0.711. The Bertz CT molecular complexity index is 461. The maximum atomic E-state index is 3.69. The molecule has 0 spiro atoms. The van der Waals surface area contributed by atoms with E-state index < -0.39 is 0 Å². The molecule has 2 aromatic carbocycles. The molecule has 0 saturated carbocycles. The van der Waals surface area contributed by atoms with Crippen LogP contribution in [-0.2, 0) is 0 Å². The molecule has 0 saturated heterocycles. The first-order chi connectivity index (χ1) is 8.67. The summed E-state index contributed by atoms with van der Waals surface area (Å²) in [5.41, 5.74) is 3.57. The highest BCUT2D eigenvalue weighted by Gasteiger charge is 1.89. The van der Waals surface area contributed by atoms with Crippen LogP contribution in [0.3, 0.4) is 0 Å². The molecule has 0 aliphatic carbocycles. The number of aryl methyl sites for hydroxylation is 1. The largest absolute Gasteiger partial charge is 0.0984 e. The van der Waals surface area contributed by atoms with E-state index in [1.54, 1.807) is 0 Å². The normalized spacial score (nSPS) is 9.00. The van der Waals surface area contributed by atoms with Gasteiger partial charge in [-0.05, 0) is 18.1 Å². The molecule has 0 aromatic heterocycles. The molecule has 1 heteroatoms. The van der Waals surface area contributed by atoms with Gasteiger partial charge in [0.15, 0.2) is 0 Å². The van der Waals surface area contributed by atoms with E-state index in [0.717, 1.165) is 16.3 Å². The molecule has 0 unspecified atom stereocenters. The molecule has 0 nitrogen and oxygen atoms in total. The Morgan fingerprint density at radius 1 is 0.833 bits per heavy atom. The van der Waals surface area contributed by atoms with Gasteiger partial charge in [-0.2, -0.15) is 0 Å². The smallest absolute Gasteiger partial charge is 0.0711 e. The van der Waals surface area contributed by atoms with Crippen LogP contribution < -0.4 is 5.19 Å². The summed E-state index contributed by atoms with van der Waals surface area (Å²) < 4.78 is 0. The van der Waals surface area contributed by atoms with Gasteiger partial charge in [0.2, 0.25) is 0 Å². The van der Waals surface area contributed by atoms with Gasteiger partial charge in [-0.25, -0.2) is 0 Å². The third kappa shape index (κ3) is 4.56. The molecule has 0 aliphatic heterocycles. The third-order valence-corrected chi connectivity index (χ3v) is 2.82. The van der Waals surface area contributed by atoms with Gasteiger partial charge < -0.3 is 0 Å². The van der Waals surface area contributed by atoms with Crippen LogP contribution in [0.25, 0.3) is 12.2 Å². The summed E-state index contributed by atoms with van der Waals surface area (Å²) in [4.78, 5) is 0. The lowest BCUT2D eigenvalue weighted by Crippen LogP contribution is -1.98. The molecule has 0 fully saturated rings. The van der Waals surface area contributed by atoms with Gasteiger partial charge >= 0.3 is 0 Å². The zero-order chi connectivity index (χ0) is 13.4. The van der Waals surface area contributed by atoms with Crippen LogP contribution in [0.2, 0.25) is 0 Å². The van der Waals surface area contributed by atoms with Crippen LogP contribution in [0, 0.1) is 6.92 Å². The molecule has 0 heterocycles. The van der Waals surface area contributed by atoms with Crippen molar-refractivity contribution in [1.82, 2.24) is 0 Å². The molecular weight excluding hydrogens is 232 g/mol. The summed E-state index contributed by atoms with van der Waals surface area (Å²) in [5, 5.41) is 1.13. The van der Waals surface area contributed by atoms with Crippen molar-refractivity contribution in [3.63, 3.8) is 0 Å². The van der Waals surface area contributed by atoms with Gasteiger partial charge in [-0.3, -0.25) is 0 Å². The van der Waals surface area contributed by atoms with Gasteiger partial charge in [-0.1, -0.05) is 84.6 Å². The molecule has 0 atom stereocenters. The van der Waals surface area contributed by atoms with Crippen molar-refractivity contribution in [3.05, 3.63) is 78.4 Å². The Hall–Kier alpha value is -1.86. The minimum absolute atomic E-state index is 1.13. The summed E-state index contributed by atoms with van der Waals surface area (Å²) in [7, 11) is 3.39. The first-order valence-corrected chi connectivity index (χ1v) is 6.29. The topological polar surface area (TPSA) is 0 Å². The van der Waals surface area contributed by atoms with Gasteiger partial charge in [0.05, 0.1) is 10.2 Å². The van der Waals surface area contributed by atoms with Crippen molar-refractivity contribution in [2.24, 2.45) is 0 Å². The summed E-state index contributed by atoms with van der Waals surface area (Å²) in [6.45, 7) is 9.46. The summed E-state index contributed by atoms with van der Waals surface area (Å²) in [5.74, 6) is 0. The number of hydrogen-bond donors (Lipinski definition) is 0. The maximum absolute atomic E-state index is 3.69. The fourth-order valence-electron chi connectivity index (χ4n) is 1.44. The molecule has 2 aromatic rings. The second kappa shape index (κ2) is 7.46. The van der Waals surface area contributed by atoms with E-state index >= 15 is 0 Å². The average Bonchev–Trinajstić information content (AvgIpc) is 2.42. The number of benzene rings is 2. The van der Waals surface area contributed by atoms with E-state index in [4.69, 9.17) is 0 Å². The lowest BCUT2D eigenvalue weighted by molar-refractivity contribution is 1.49. The Morgan fingerprint density at radius 3 is 1.61 bits per heavy atom. The minimum Gasteiger partial charge on any atom is -0.0984 e. The zero-order valence-electron chi connectivity index (χ0n) is 10.7. The van der Waals surface area contributed by atoms with E-state index in [2.05, 4.69) is 42.5 Å². The lowest BCUT2D eigenvalue weighted by Gasteiger charge is -1.96. The van der Waals surface area contributed by atoms with Crippen LogP contribution in [0.5, 0.6) is 0 Å². The highest BCUT2D eigenvalue weighted by atomic mass is 28.1. The zero-order valence-corrected chi connectivity index (χ0v) is 11.7. The van der Waals surface area contributed by atoms with Gasteiger partial charge in [0.25, 0.3) is 0 Å². The third-order valence-electron chi connectivity index (χ3n) is 2.49. The highest BCUT2D eigenvalue weighted by Crippen LogP contribution is 2.10. The van der Waals surface area contributed by atoms with E-state index in [1.165, 1.54) is 5.56 Å². The van der Waals surface area contributed by atoms with Crippen LogP contribution in [0.4, 0.5) is 0 Å². The molecular formula is C17H17Si. The average molecular weight is 249 g/mol. The Balaban J connectivity index is 0.000000184. The number of rotatable bonds is 2. The van der Waals surface area contributed by atoms with Crippen molar-refractivity contribution in [3.8, 4) is 0 Å². The molecule has 3 radical (unpaired) electrons. The summed E-state index contributed by atoms with van der Waals surface area (Å²) in [6, 6.07) is 16.2. The predicted molar refractivity (Wildman–Crippen MR) is 83.2 cm³/mol. The van der Waals surface area contributed by atoms with Gasteiger partial charge in [0, 0.05) is 0 Å². The molecule has 0 aliphatic rings. The molecule has 0 bridgehead atoms. The van der Waals surface area contributed by atoms with E-state index in [1.807, 2.05) is 48.6 Å². The first kappa shape index (κ1) is 14.2. The van der Waals surface area contributed by atoms with E-state index in [-0.39, 0.29) is 0 Å². The Morgan fingerprint density at radius 2 is 1.28 bits per heavy atom. The van der Waals surface area contributed by atoms with Crippen LogP contribution in [-0.4, -0.2) is 10.2 Å². The maximum Gasteiger partial charge on any atom is 0.0711 e. The predicted octanol–water partition coefficient (Wildman–Crippen LogP) is 3.76. The standard InChI is InChI=1S/C10H10.C7H7Si/c1-3-9-7-5-6-8-10(9)4-2;1-6-2-4-7(8)5-3-6/h3-8H,1-2H2;2-5H,1H3. The summed E-state index contributed by atoms with van der Waals surface area (Å²) in [6.07, 6.45) is 3.66. The first-order valence-electron chi connectivity index (χ1n) is 5.79. The van der Waals surface area contributed by atoms with Crippen LogP contribution >= 0.6 is 0 Å². The summed E-state index contributed by atoms with van der Waals surface area (Å²) >= 11 is 0. The SMILES string of the molecule is C=Cc1ccccc1C=C.Cc1ccc([Si])cc1. The van der Waals surface area contributed by atoms with Crippen molar-refractivity contribution >= 4 is 27.6 Å². The fraction of sp³-hybridized carbons (Fsp3) is 0.0588. The van der Waals surface area contributed by atoms with E-state index in [9.17, 15) is 0 Å². The molecule has 0 N–H and O–H groups in total. The van der Waals surface area contributed by atoms with Crippen molar-refractivity contribution in [2.45, 2.75) is 6.92 Å². The number of hydrogen-bond acceptors (Lipinski definition) is 0. The molecule has 18 heavy (non-hydrogen) atoms. The monoisotopic (exact) mass is 249 g/mol. The van der Waals surface area contributed by atoms with Crippen molar-refractivity contribution in [1.29, 1.82) is 0 Å². The second-order valence-corrected chi connectivity index (χ2v) is 4.48. The van der Waals surface area contributed by atoms with Crippen LogP contribution in [0.15, 0.2) is 61.7 Å². The highest BCUT2D eigenvalue weighted by molar-refractivity contribution is 6.32. The molecule has 89 valence electrons. The van der Waals surface area contributed by atoms with Crippen LogP contribution in [0.1, 0.15) is 16.7 Å². The fourth-order valence-corrected chi connectivity index (χ4v) is 1.60. The molecule has 2 rings (SSSR count). The van der Waals surface area contributed by atoms with E-state index in [0.29, 0.717) is 0 Å². The van der Waals surface area contributed by atoms with Crippen molar-refractivity contribution in [2.75, 3.05) is 0 Å². The van der Waals surface area contributed by atoms with Gasteiger partial charge in [-0.15, -0.1) is 0 Å².